The van der Waals surface area contributed by atoms with Gasteiger partial charge in [-0.2, -0.15) is 0 Å². The minimum atomic E-state index is -1.92. The van der Waals surface area contributed by atoms with Crippen LogP contribution in [0.25, 0.3) is 0 Å². The zero-order chi connectivity index (χ0) is 29.8. The van der Waals surface area contributed by atoms with Crippen LogP contribution in [0.4, 0.5) is 26.3 Å². The first kappa shape index (κ1) is 32.4. The van der Waals surface area contributed by atoms with Crippen molar-refractivity contribution in [2.24, 2.45) is 0 Å². The fourth-order valence-electron chi connectivity index (χ4n) is 3.48. The van der Waals surface area contributed by atoms with Crippen LogP contribution in [0.5, 0.6) is 0 Å². The number of rotatable bonds is 4. The lowest BCUT2D eigenvalue weighted by Gasteiger charge is -2.18. The molecule has 0 bridgehead atoms. The molecular weight excluding hydrogens is 752 g/mol. The van der Waals surface area contributed by atoms with Gasteiger partial charge in [-0.15, -0.1) is 0 Å². The summed E-state index contributed by atoms with van der Waals surface area (Å²) in [7, 11) is 0. The summed E-state index contributed by atoms with van der Waals surface area (Å²) in [5.41, 5.74) is 3.31. The van der Waals surface area contributed by atoms with E-state index in [0.29, 0.717) is 24.3 Å². The van der Waals surface area contributed by atoms with Gasteiger partial charge in [0.1, 0.15) is 11.6 Å². The van der Waals surface area contributed by atoms with Gasteiger partial charge in [-0.25, -0.2) is 26.3 Å². The lowest BCUT2D eigenvalue weighted by molar-refractivity contribution is -0.609. The maximum atomic E-state index is 13.4. The van der Waals surface area contributed by atoms with E-state index in [0.717, 1.165) is 0 Å². The average Bonchev–Trinajstić information content (AvgIpc) is 2.82. The highest BCUT2D eigenvalue weighted by Crippen LogP contribution is 2.22. The Morgan fingerprint density at radius 3 is 0.950 bits per heavy atom. The van der Waals surface area contributed by atoms with Gasteiger partial charge in [-0.1, -0.05) is 65.8 Å². The number of benzene rings is 4. The van der Waals surface area contributed by atoms with Crippen LogP contribution in [-0.2, 0) is 10.8 Å². The van der Waals surface area contributed by atoms with Crippen LogP contribution in [0.3, 0.4) is 0 Å². The molecule has 0 aromatic heterocycles. The molecule has 0 heterocycles. The fourth-order valence-corrected chi connectivity index (χ4v) is 7.83. The fraction of sp³-hybridized carbons (Fsp3) is 0.250. The third-order valence-corrected chi connectivity index (χ3v) is 11.5. The summed E-state index contributed by atoms with van der Waals surface area (Å²) in [6.07, 6.45) is 0. The average molecular weight is 782 g/mol. The van der Waals surface area contributed by atoms with Gasteiger partial charge >= 0.3 is 42.4 Å². The predicted octanol–water partition coefficient (Wildman–Crippen LogP) is 3.06. The van der Waals surface area contributed by atoms with Crippen LogP contribution in [-0.4, -0.2) is 0 Å². The quantitative estimate of drug-likeness (QED) is 0.130. The van der Waals surface area contributed by atoms with E-state index in [2.05, 4.69) is 90.1 Å². The maximum absolute atomic E-state index is 13.4. The third kappa shape index (κ3) is 8.96. The minimum absolute atomic E-state index is 0.0703. The first-order valence-corrected chi connectivity index (χ1v) is 16.7. The molecular formula is C32H30F6I2+2. The highest BCUT2D eigenvalue weighted by Gasteiger charge is 2.33. The van der Waals surface area contributed by atoms with Crippen molar-refractivity contribution in [3.8, 4) is 0 Å². The van der Waals surface area contributed by atoms with E-state index >= 15 is 0 Å². The van der Waals surface area contributed by atoms with Crippen molar-refractivity contribution in [1.82, 2.24) is 0 Å². The van der Waals surface area contributed by atoms with Crippen molar-refractivity contribution in [2.45, 2.75) is 52.4 Å². The summed E-state index contributed by atoms with van der Waals surface area (Å²) < 4.78 is 80.7. The van der Waals surface area contributed by atoms with E-state index in [-0.39, 0.29) is 32.0 Å². The Bertz CT molecular complexity index is 1290. The monoisotopic (exact) mass is 782 g/mol. The lowest BCUT2D eigenvalue weighted by Crippen LogP contribution is -3.62. The molecule has 4 aromatic rings. The van der Waals surface area contributed by atoms with Crippen LogP contribution >= 0.6 is 0 Å². The number of halogens is 8. The highest BCUT2D eigenvalue weighted by molar-refractivity contribution is 5.23. The van der Waals surface area contributed by atoms with E-state index < -0.39 is 63.2 Å². The lowest BCUT2D eigenvalue weighted by atomic mass is 9.87. The highest BCUT2D eigenvalue weighted by atomic mass is 127. The molecule has 0 aliphatic heterocycles. The maximum Gasteiger partial charge on any atom is 0.370 e. The second-order valence-electron chi connectivity index (χ2n) is 11.1. The van der Waals surface area contributed by atoms with Gasteiger partial charge in [0.15, 0.2) is 30.4 Å². The van der Waals surface area contributed by atoms with Gasteiger partial charge in [0.05, 0.1) is 0 Å². The topological polar surface area (TPSA) is 0 Å². The molecule has 0 nitrogen and oxygen atoms in total. The molecule has 0 saturated carbocycles. The minimum Gasteiger partial charge on any atom is -0.207 e. The van der Waals surface area contributed by atoms with Crippen LogP contribution in [0.2, 0.25) is 0 Å². The molecule has 0 N–H and O–H groups in total. The van der Waals surface area contributed by atoms with Crippen LogP contribution < -0.4 is 42.4 Å². The molecule has 0 spiro atoms. The molecule has 0 amide bonds. The van der Waals surface area contributed by atoms with Crippen molar-refractivity contribution < 1.29 is 68.8 Å². The molecule has 0 saturated heterocycles. The van der Waals surface area contributed by atoms with Gasteiger partial charge in [-0.3, -0.25) is 0 Å². The van der Waals surface area contributed by atoms with Gasteiger partial charge in [0, 0.05) is 24.3 Å². The smallest absolute Gasteiger partial charge is 0.207 e. The Morgan fingerprint density at radius 1 is 0.425 bits per heavy atom. The van der Waals surface area contributed by atoms with Gasteiger partial charge in [0.25, 0.3) is 7.14 Å². The predicted molar refractivity (Wildman–Crippen MR) is 138 cm³/mol. The molecule has 8 heteroatoms. The molecule has 212 valence electrons. The largest absolute Gasteiger partial charge is 0.370 e. The molecule has 0 aliphatic carbocycles. The van der Waals surface area contributed by atoms with Gasteiger partial charge in [0.2, 0.25) is 0 Å². The standard InChI is InChI=1S/C20H26I.C12H4F6I/c1-19(2,3)15-7-11-17(12-8-15)21-18-13-9-16(10-14-18)20(4,5)6;13-5-1-7(15)11(8(16)2-5)19-12-9(17)3-6(14)4-10(12)18/h7-14H,1-6H3;1-4H/q2*+1. The molecule has 0 radical (unpaired) electrons. The molecule has 0 unspecified atom stereocenters. The molecule has 0 aliphatic rings. The molecule has 4 rings (SSSR count). The van der Waals surface area contributed by atoms with E-state index in [1.165, 1.54) is 18.3 Å². The van der Waals surface area contributed by atoms with Crippen molar-refractivity contribution >= 4 is 0 Å². The Balaban J connectivity index is 0.000000222. The zero-order valence-corrected chi connectivity index (χ0v) is 27.3. The summed E-state index contributed by atoms with van der Waals surface area (Å²) in [4.78, 5) is 0. The van der Waals surface area contributed by atoms with Crippen LogP contribution in [0.15, 0.2) is 72.8 Å². The molecule has 0 atom stereocenters. The first-order valence-electron chi connectivity index (χ1n) is 12.3. The van der Waals surface area contributed by atoms with Crippen LogP contribution in [0, 0.1) is 49.2 Å². The van der Waals surface area contributed by atoms with Crippen molar-refractivity contribution in [3.63, 3.8) is 0 Å². The Kier molecular flexibility index (Phi) is 10.8. The Hall–Kier alpha value is -2.08. The van der Waals surface area contributed by atoms with Crippen LogP contribution in [0.1, 0.15) is 52.7 Å². The Morgan fingerprint density at radius 2 is 0.700 bits per heavy atom. The normalized spacial score (nSPS) is 11.7. The van der Waals surface area contributed by atoms with E-state index in [4.69, 9.17) is 0 Å². The van der Waals surface area contributed by atoms with E-state index in [1.54, 1.807) is 0 Å². The van der Waals surface area contributed by atoms with Crippen molar-refractivity contribution in [3.05, 3.63) is 133 Å². The molecule has 4 aromatic carbocycles. The summed E-state index contributed by atoms with van der Waals surface area (Å²) in [5, 5.41) is 0. The molecule has 40 heavy (non-hydrogen) atoms. The Labute approximate surface area is 252 Å². The molecule has 0 fully saturated rings. The first-order chi connectivity index (χ1) is 18.5. The summed E-state index contributed by atoms with van der Waals surface area (Å²) >= 11 is -1.99. The van der Waals surface area contributed by atoms with Gasteiger partial charge < -0.3 is 0 Å². The third-order valence-electron chi connectivity index (χ3n) is 5.72. The summed E-state index contributed by atoms with van der Waals surface area (Å²) in [5.74, 6) is -7.10. The SMILES string of the molecule is CC(C)(C)c1ccc([I+]c2ccc(C(C)(C)C)cc2)cc1.Fc1cc(F)c([I+]c2c(F)cc(F)cc2F)c(F)c1. The van der Waals surface area contributed by atoms with Crippen molar-refractivity contribution in [2.75, 3.05) is 0 Å². The second-order valence-corrected chi connectivity index (χ2v) is 16.8. The summed E-state index contributed by atoms with van der Waals surface area (Å²) in [6, 6.07) is 20.1. The number of hydrogen-bond donors (Lipinski definition) is 0. The second kappa shape index (κ2) is 13.3. The number of hydrogen-bond acceptors (Lipinski definition) is 0. The summed E-state index contributed by atoms with van der Waals surface area (Å²) in [6.45, 7) is 13.6. The van der Waals surface area contributed by atoms with Gasteiger partial charge in [-0.05, 0) is 46.2 Å². The van der Waals surface area contributed by atoms with E-state index in [1.807, 2.05) is 0 Å². The van der Waals surface area contributed by atoms with Crippen molar-refractivity contribution in [1.29, 1.82) is 0 Å². The zero-order valence-electron chi connectivity index (χ0n) is 23.0. The van der Waals surface area contributed by atoms with E-state index in [9.17, 15) is 26.3 Å².